The van der Waals surface area contributed by atoms with E-state index in [0.717, 1.165) is 15.8 Å². The Hall–Kier alpha value is -0.590. The number of ether oxygens (including phenoxy) is 1. The van der Waals surface area contributed by atoms with E-state index in [1.54, 1.807) is 0 Å². The summed E-state index contributed by atoms with van der Waals surface area (Å²) in [5.41, 5.74) is 1.01. The van der Waals surface area contributed by atoms with Gasteiger partial charge in [0.1, 0.15) is 5.75 Å². The van der Waals surface area contributed by atoms with Crippen LogP contribution in [0.25, 0.3) is 0 Å². The summed E-state index contributed by atoms with van der Waals surface area (Å²) in [7, 11) is -3.48. The van der Waals surface area contributed by atoms with Gasteiger partial charge in [0.2, 0.25) is 10.0 Å². The van der Waals surface area contributed by atoms with E-state index in [0.29, 0.717) is 6.61 Å². The summed E-state index contributed by atoms with van der Waals surface area (Å²) in [4.78, 5) is 0. The average molecular weight is 350 g/mol. The standard InChI is InChI=1S/C13H20BrNO3S/c1-9(2)11(8-19(15,16)17)7-18-13-5-4-12(14)6-10(13)3/h4-6,9,11H,7-8H2,1-3H3,(H2,15,16,17). The normalized spacial score (nSPS) is 13.6. The molecule has 6 heteroatoms. The molecule has 0 aliphatic heterocycles. The number of sulfonamides is 1. The zero-order chi connectivity index (χ0) is 14.6. The minimum atomic E-state index is -3.48. The first-order chi connectivity index (χ1) is 8.69. The monoisotopic (exact) mass is 349 g/mol. The van der Waals surface area contributed by atoms with Crippen LogP contribution in [0.5, 0.6) is 5.75 Å². The van der Waals surface area contributed by atoms with Crippen molar-refractivity contribution in [2.24, 2.45) is 17.0 Å². The zero-order valence-corrected chi connectivity index (χ0v) is 13.8. The highest BCUT2D eigenvalue weighted by Gasteiger charge is 2.20. The first kappa shape index (κ1) is 16.5. The van der Waals surface area contributed by atoms with Gasteiger partial charge in [-0.25, -0.2) is 13.6 Å². The molecule has 1 unspecified atom stereocenters. The molecular weight excluding hydrogens is 330 g/mol. The molecule has 1 rings (SSSR count). The Morgan fingerprint density at radius 3 is 2.47 bits per heavy atom. The number of nitrogens with two attached hydrogens (primary N) is 1. The highest BCUT2D eigenvalue weighted by Crippen LogP contribution is 2.23. The number of primary sulfonamides is 1. The summed E-state index contributed by atoms with van der Waals surface area (Å²) in [5.74, 6) is 0.788. The average Bonchev–Trinajstić information content (AvgIpc) is 2.24. The smallest absolute Gasteiger partial charge is 0.209 e. The third kappa shape index (κ3) is 5.93. The van der Waals surface area contributed by atoms with Crippen molar-refractivity contribution >= 4 is 26.0 Å². The van der Waals surface area contributed by atoms with E-state index in [4.69, 9.17) is 9.88 Å². The third-order valence-electron chi connectivity index (χ3n) is 2.98. The van der Waals surface area contributed by atoms with Crippen molar-refractivity contribution in [2.45, 2.75) is 20.8 Å². The highest BCUT2D eigenvalue weighted by molar-refractivity contribution is 9.10. The number of aryl methyl sites for hydroxylation is 1. The lowest BCUT2D eigenvalue weighted by Gasteiger charge is -2.20. The van der Waals surface area contributed by atoms with E-state index in [1.807, 2.05) is 39.0 Å². The van der Waals surface area contributed by atoms with E-state index >= 15 is 0 Å². The molecule has 19 heavy (non-hydrogen) atoms. The summed E-state index contributed by atoms with van der Waals surface area (Å²) in [6, 6.07) is 5.72. The maximum atomic E-state index is 11.2. The van der Waals surface area contributed by atoms with Gasteiger partial charge >= 0.3 is 0 Å². The SMILES string of the molecule is Cc1cc(Br)ccc1OCC(CS(N)(=O)=O)C(C)C. The molecule has 0 fully saturated rings. The second kappa shape index (κ2) is 6.72. The van der Waals surface area contributed by atoms with Crippen LogP contribution in [0.2, 0.25) is 0 Å². The molecule has 1 aromatic carbocycles. The molecule has 0 saturated carbocycles. The van der Waals surface area contributed by atoms with Gasteiger partial charge in [0.15, 0.2) is 0 Å². The van der Waals surface area contributed by atoms with E-state index in [-0.39, 0.29) is 17.6 Å². The number of hydrogen-bond donors (Lipinski definition) is 1. The topological polar surface area (TPSA) is 69.4 Å². The minimum Gasteiger partial charge on any atom is -0.493 e. The number of benzene rings is 1. The molecule has 0 amide bonds. The maximum absolute atomic E-state index is 11.2. The lowest BCUT2D eigenvalue weighted by Crippen LogP contribution is -2.30. The van der Waals surface area contributed by atoms with Crippen molar-refractivity contribution in [1.29, 1.82) is 0 Å². The molecule has 0 bridgehead atoms. The van der Waals surface area contributed by atoms with Gasteiger partial charge in [0.05, 0.1) is 12.4 Å². The maximum Gasteiger partial charge on any atom is 0.209 e. The molecule has 0 spiro atoms. The van der Waals surface area contributed by atoms with E-state index < -0.39 is 10.0 Å². The highest BCUT2D eigenvalue weighted by atomic mass is 79.9. The molecular formula is C13H20BrNO3S. The van der Waals surface area contributed by atoms with Crippen molar-refractivity contribution < 1.29 is 13.2 Å². The summed E-state index contributed by atoms with van der Waals surface area (Å²) >= 11 is 3.39. The second-order valence-electron chi connectivity index (χ2n) is 5.05. The Labute approximate surface area is 123 Å². The summed E-state index contributed by atoms with van der Waals surface area (Å²) < 4.78 is 29.1. The van der Waals surface area contributed by atoms with Crippen LogP contribution in [-0.2, 0) is 10.0 Å². The Bertz CT molecular complexity index is 529. The van der Waals surface area contributed by atoms with Crippen LogP contribution in [0.4, 0.5) is 0 Å². The predicted molar refractivity (Wildman–Crippen MR) is 80.7 cm³/mol. The molecule has 4 nitrogen and oxygen atoms in total. The molecule has 0 radical (unpaired) electrons. The Kier molecular flexibility index (Phi) is 5.82. The van der Waals surface area contributed by atoms with Gasteiger partial charge in [0.25, 0.3) is 0 Å². The summed E-state index contributed by atoms with van der Waals surface area (Å²) in [6.45, 7) is 6.22. The third-order valence-corrected chi connectivity index (χ3v) is 4.37. The van der Waals surface area contributed by atoms with Crippen LogP contribution in [0, 0.1) is 18.8 Å². The van der Waals surface area contributed by atoms with Gasteiger partial charge < -0.3 is 4.74 Å². The first-order valence-corrected chi connectivity index (χ1v) is 8.59. The molecule has 2 N–H and O–H groups in total. The summed E-state index contributed by atoms with van der Waals surface area (Å²) in [5, 5.41) is 5.10. The van der Waals surface area contributed by atoms with Gasteiger partial charge in [-0.3, -0.25) is 0 Å². The largest absolute Gasteiger partial charge is 0.493 e. The summed E-state index contributed by atoms with van der Waals surface area (Å²) in [6.07, 6.45) is 0. The molecule has 108 valence electrons. The fourth-order valence-corrected chi connectivity index (χ4v) is 3.26. The van der Waals surface area contributed by atoms with Crippen LogP contribution >= 0.6 is 15.9 Å². The zero-order valence-electron chi connectivity index (χ0n) is 11.4. The number of rotatable bonds is 6. The van der Waals surface area contributed by atoms with Gasteiger partial charge in [-0.05, 0) is 36.6 Å². The molecule has 0 aliphatic rings. The first-order valence-electron chi connectivity index (χ1n) is 6.08. The molecule has 1 atom stereocenters. The minimum absolute atomic E-state index is 0.0553. The van der Waals surface area contributed by atoms with Crippen molar-refractivity contribution in [3.63, 3.8) is 0 Å². The van der Waals surface area contributed by atoms with Crippen LogP contribution in [0.3, 0.4) is 0 Å². The fraction of sp³-hybridized carbons (Fsp3) is 0.538. The van der Waals surface area contributed by atoms with E-state index in [2.05, 4.69) is 15.9 Å². The van der Waals surface area contributed by atoms with E-state index in [9.17, 15) is 8.42 Å². The van der Waals surface area contributed by atoms with E-state index in [1.165, 1.54) is 0 Å². The van der Waals surface area contributed by atoms with Crippen molar-refractivity contribution in [2.75, 3.05) is 12.4 Å². The Balaban J connectivity index is 2.71. The Morgan fingerprint density at radius 2 is 2.00 bits per heavy atom. The lowest BCUT2D eigenvalue weighted by atomic mass is 9.99. The van der Waals surface area contributed by atoms with Crippen molar-refractivity contribution in [3.8, 4) is 5.75 Å². The van der Waals surface area contributed by atoms with Crippen LogP contribution < -0.4 is 9.88 Å². The molecule has 0 aliphatic carbocycles. The number of hydrogen-bond acceptors (Lipinski definition) is 3. The molecule has 0 aromatic heterocycles. The molecule has 0 heterocycles. The van der Waals surface area contributed by atoms with Crippen LogP contribution in [-0.4, -0.2) is 20.8 Å². The number of halogens is 1. The Morgan fingerprint density at radius 1 is 1.37 bits per heavy atom. The predicted octanol–water partition coefficient (Wildman–Crippen LogP) is 2.70. The van der Waals surface area contributed by atoms with Crippen molar-refractivity contribution in [3.05, 3.63) is 28.2 Å². The van der Waals surface area contributed by atoms with Gasteiger partial charge in [-0.2, -0.15) is 0 Å². The van der Waals surface area contributed by atoms with Gasteiger partial charge in [-0.1, -0.05) is 29.8 Å². The van der Waals surface area contributed by atoms with Gasteiger partial charge in [0, 0.05) is 10.4 Å². The van der Waals surface area contributed by atoms with Crippen LogP contribution in [0.15, 0.2) is 22.7 Å². The van der Waals surface area contributed by atoms with Gasteiger partial charge in [-0.15, -0.1) is 0 Å². The quantitative estimate of drug-likeness (QED) is 0.858. The fourth-order valence-electron chi connectivity index (χ4n) is 1.70. The molecule has 1 aromatic rings. The van der Waals surface area contributed by atoms with Crippen molar-refractivity contribution in [1.82, 2.24) is 0 Å². The molecule has 0 saturated heterocycles. The lowest BCUT2D eigenvalue weighted by molar-refractivity contribution is 0.223. The second-order valence-corrected chi connectivity index (χ2v) is 7.63. The van der Waals surface area contributed by atoms with Crippen LogP contribution in [0.1, 0.15) is 19.4 Å².